The lowest BCUT2D eigenvalue weighted by Gasteiger charge is -2.21. The molecule has 1 fully saturated rings. The third-order valence-corrected chi connectivity index (χ3v) is 4.62. The second-order valence-electron chi connectivity index (χ2n) is 5.60. The molecule has 1 aromatic heterocycles. The number of thiophene rings is 1. The van der Waals surface area contributed by atoms with Gasteiger partial charge in [0, 0.05) is 19.2 Å². The zero-order valence-corrected chi connectivity index (χ0v) is 12.8. The molecule has 1 saturated carbocycles. The van der Waals surface area contributed by atoms with Gasteiger partial charge in [0.2, 0.25) is 0 Å². The summed E-state index contributed by atoms with van der Waals surface area (Å²) >= 11 is 1.46. The van der Waals surface area contributed by atoms with Gasteiger partial charge < -0.3 is 15.4 Å². The maximum atomic E-state index is 11.8. The molecule has 0 spiro atoms. The predicted octanol–water partition coefficient (Wildman–Crippen LogP) is 3.09. The van der Waals surface area contributed by atoms with Gasteiger partial charge in [-0.3, -0.25) is 0 Å². The molecule has 1 aromatic rings. The van der Waals surface area contributed by atoms with E-state index in [1.165, 1.54) is 31.3 Å². The summed E-state index contributed by atoms with van der Waals surface area (Å²) in [5.74, 6) is 0.773. The SMILES string of the molecule is COC(=O)c1sc(N(C)CC(C)C)c(C2CC2)c1N. The Hall–Kier alpha value is -1.23. The van der Waals surface area contributed by atoms with Gasteiger partial charge in [-0.1, -0.05) is 13.8 Å². The first-order valence-corrected chi connectivity index (χ1v) is 7.49. The van der Waals surface area contributed by atoms with Crippen LogP contribution in [-0.4, -0.2) is 26.7 Å². The minimum atomic E-state index is -0.325. The van der Waals surface area contributed by atoms with Crippen LogP contribution in [0.3, 0.4) is 0 Å². The van der Waals surface area contributed by atoms with Crippen LogP contribution in [0.15, 0.2) is 0 Å². The first kappa shape index (κ1) is 14.2. The number of nitrogens with zero attached hydrogens (tertiary/aromatic N) is 1. The molecule has 0 amide bonds. The molecule has 106 valence electrons. The highest BCUT2D eigenvalue weighted by atomic mass is 32.1. The summed E-state index contributed by atoms with van der Waals surface area (Å²) in [6, 6.07) is 0. The smallest absolute Gasteiger partial charge is 0.350 e. The van der Waals surface area contributed by atoms with Crippen molar-refractivity contribution in [1.29, 1.82) is 0 Å². The molecule has 0 aliphatic heterocycles. The average Bonchev–Trinajstić information content (AvgIpc) is 3.11. The van der Waals surface area contributed by atoms with Crippen LogP contribution in [0.1, 0.15) is 47.8 Å². The molecular weight excluding hydrogens is 260 g/mol. The third kappa shape index (κ3) is 2.86. The number of carbonyl (C=O) groups is 1. The molecule has 19 heavy (non-hydrogen) atoms. The summed E-state index contributed by atoms with van der Waals surface area (Å²) in [4.78, 5) is 14.5. The lowest BCUT2D eigenvalue weighted by Crippen LogP contribution is -2.22. The van der Waals surface area contributed by atoms with Crippen LogP contribution in [0.25, 0.3) is 0 Å². The molecule has 0 radical (unpaired) electrons. The number of ether oxygens (including phenoxy) is 1. The van der Waals surface area contributed by atoms with Gasteiger partial charge in [0.05, 0.1) is 17.8 Å². The Balaban J connectivity index is 2.38. The molecule has 1 aliphatic carbocycles. The molecule has 1 heterocycles. The molecule has 2 rings (SSSR count). The highest BCUT2D eigenvalue weighted by molar-refractivity contribution is 7.18. The first-order valence-electron chi connectivity index (χ1n) is 6.67. The fourth-order valence-electron chi connectivity index (χ4n) is 2.37. The van der Waals surface area contributed by atoms with Gasteiger partial charge in [-0.2, -0.15) is 0 Å². The minimum Gasteiger partial charge on any atom is -0.465 e. The van der Waals surface area contributed by atoms with E-state index in [-0.39, 0.29) is 5.97 Å². The quantitative estimate of drug-likeness (QED) is 0.843. The third-order valence-electron chi connectivity index (χ3n) is 3.31. The summed E-state index contributed by atoms with van der Waals surface area (Å²) < 4.78 is 4.82. The number of carbonyl (C=O) groups excluding carboxylic acids is 1. The fourth-order valence-corrected chi connectivity index (χ4v) is 3.57. The Morgan fingerprint density at radius 3 is 2.63 bits per heavy atom. The number of hydrogen-bond donors (Lipinski definition) is 1. The van der Waals surface area contributed by atoms with Crippen molar-refractivity contribution >= 4 is 28.0 Å². The Morgan fingerprint density at radius 1 is 1.53 bits per heavy atom. The molecule has 0 unspecified atom stereocenters. The summed E-state index contributed by atoms with van der Waals surface area (Å²) in [7, 11) is 3.47. The van der Waals surface area contributed by atoms with E-state index < -0.39 is 0 Å². The second kappa shape index (κ2) is 5.41. The lowest BCUT2D eigenvalue weighted by atomic mass is 10.1. The summed E-state index contributed by atoms with van der Waals surface area (Å²) in [6.45, 7) is 5.33. The van der Waals surface area contributed by atoms with E-state index in [0.29, 0.717) is 22.4 Å². The van der Waals surface area contributed by atoms with E-state index in [1.54, 1.807) is 0 Å². The van der Waals surface area contributed by atoms with E-state index in [0.717, 1.165) is 17.1 Å². The number of nitrogens with two attached hydrogens (primary N) is 1. The molecule has 5 heteroatoms. The van der Waals surface area contributed by atoms with Crippen molar-refractivity contribution < 1.29 is 9.53 Å². The van der Waals surface area contributed by atoms with Gasteiger partial charge in [0.1, 0.15) is 4.88 Å². The molecule has 4 nitrogen and oxygen atoms in total. The Kier molecular flexibility index (Phi) is 4.04. The maximum Gasteiger partial charge on any atom is 0.350 e. The number of hydrogen-bond acceptors (Lipinski definition) is 5. The molecule has 0 atom stereocenters. The van der Waals surface area contributed by atoms with E-state index in [2.05, 4.69) is 25.8 Å². The van der Waals surface area contributed by atoms with Gasteiger partial charge in [0.25, 0.3) is 0 Å². The van der Waals surface area contributed by atoms with Gasteiger partial charge >= 0.3 is 5.97 Å². The van der Waals surface area contributed by atoms with Crippen LogP contribution in [0, 0.1) is 5.92 Å². The second-order valence-corrected chi connectivity index (χ2v) is 6.60. The average molecular weight is 282 g/mol. The zero-order chi connectivity index (χ0) is 14.2. The summed E-state index contributed by atoms with van der Waals surface area (Å²) in [5, 5.41) is 1.13. The number of esters is 1. The topological polar surface area (TPSA) is 55.6 Å². The lowest BCUT2D eigenvalue weighted by molar-refractivity contribution is 0.0607. The highest BCUT2D eigenvalue weighted by Crippen LogP contribution is 2.51. The van der Waals surface area contributed by atoms with E-state index in [1.807, 2.05) is 0 Å². The van der Waals surface area contributed by atoms with Crippen LogP contribution in [-0.2, 0) is 4.74 Å². The summed E-state index contributed by atoms with van der Waals surface area (Å²) in [5.41, 5.74) is 7.96. The van der Waals surface area contributed by atoms with Crippen molar-refractivity contribution in [3.05, 3.63) is 10.4 Å². The van der Waals surface area contributed by atoms with Crippen molar-refractivity contribution in [2.75, 3.05) is 31.3 Å². The van der Waals surface area contributed by atoms with Gasteiger partial charge in [-0.05, 0) is 24.7 Å². The molecule has 0 saturated heterocycles. The molecular formula is C14H22N2O2S. The maximum absolute atomic E-state index is 11.8. The zero-order valence-electron chi connectivity index (χ0n) is 12.0. The van der Waals surface area contributed by atoms with Crippen LogP contribution in [0.5, 0.6) is 0 Å². The van der Waals surface area contributed by atoms with Crippen molar-refractivity contribution in [2.24, 2.45) is 5.92 Å². The molecule has 0 bridgehead atoms. The number of methoxy groups -OCH3 is 1. The number of rotatable bonds is 5. The van der Waals surface area contributed by atoms with Crippen molar-refractivity contribution in [2.45, 2.75) is 32.6 Å². The van der Waals surface area contributed by atoms with Crippen LogP contribution in [0.2, 0.25) is 0 Å². The van der Waals surface area contributed by atoms with Crippen molar-refractivity contribution in [3.63, 3.8) is 0 Å². The van der Waals surface area contributed by atoms with E-state index in [9.17, 15) is 4.79 Å². The predicted molar refractivity (Wildman–Crippen MR) is 80.2 cm³/mol. The highest BCUT2D eigenvalue weighted by Gasteiger charge is 2.34. The molecule has 1 aliphatic rings. The van der Waals surface area contributed by atoms with Crippen molar-refractivity contribution in [3.8, 4) is 0 Å². The van der Waals surface area contributed by atoms with Crippen LogP contribution in [0.4, 0.5) is 10.7 Å². The van der Waals surface area contributed by atoms with Gasteiger partial charge in [-0.15, -0.1) is 11.3 Å². The Labute approximate surface area is 118 Å². The normalized spacial score (nSPS) is 14.8. The summed E-state index contributed by atoms with van der Waals surface area (Å²) in [6.07, 6.45) is 2.34. The van der Waals surface area contributed by atoms with E-state index >= 15 is 0 Å². The van der Waals surface area contributed by atoms with Crippen LogP contribution >= 0.6 is 11.3 Å². The Morgan fingerprint density at radius 2 is 2.16 bits per heavy atom. The molecule has 0 aromatic carbocycles. The number of nitrogen functional groups attached to an aromatic ring is 1. The van der Waals surface area contributed by atoms with Gasteiger partial charge in [0.15, 0.2) is 0 Å². The van der Waals surface area contributed by atoms with E-state index in [4.69, 9.17) is 10.5 Å². The first-order chi connectivity index (χ1) is 8.95. The standard InChI is InChI=1S/C14H22N2O2S/c1-8(2)7-16(3)13-10(9-5-6-9)11(15)12(19-13)14(17)18-4/h8-9H,5-7,15H2,1-4H3. The monoisotopic (exact) mass is 282 g/mol. The Bertz CT molecular complexity index is 478. The number of anilines is 2. The largest absolute Gasteiger partial charge is 0.465 e. The molecule has 2 N–H and O–H groups in total. The van der Waals surface area contributed by atoms with Crippen molar-refractivity contribution in [1.82, 2.24) is 0 Å². The van der Waals surface area contributed by atoms with Crippen LogP contribution < -0.4 is 10.6 Å². The minimum absolute atomic E-state index is 0.325. The van der Waals surface area contributed by atoms with Gasteiger partial charge in [-0.25, -0.2) is 4.79 Å². The fraction of sp³-hybridized carbons (Fsp3) is 0.643.